The standard InChI is InChI=1S/C15H12ClN3S/c16-12-5-3-10(4-6-12)13-9-20-15(19-13)14(17)11-2-1-7-18-8-11/h1-9,14H,17H2. The van der Waals surface area contributed by atoms with E-state index in [0.717, 1.165) is 26.9 Å². The molecule has 1 atom stereocenters. The van der Waals surface area contributed by atoms with Gasteiger partial charge in [-0.05, 0) is 23.8 Å². The van der Waals surface area contributed by atoms with Crippen LogP contribution in [0.1, 0.15) is 16.6 Å². The molecular formula is C15H12ClN3S. The van der Waals surface area contributed by atoms with E-state index < -0.39 is 0 Å². The van der Waals surface area contributed by atoms with Gasteiger partial charge < -0.3 is 5.73 Å². The van der Waals surface area contributed by atoms with Gasteiger partial charge >= 0.3 is 0 Å². The van der Waals surface area contributed by atoms with Crippen LogP contribution in [0.3, 0.4) is 0 Å². The fourth-order valence-corrected chi connectivity index (χ4v) is 2.87. The number of aromatic nitrogens is 2. The van der Waals surface area contributed by atoms with Crippen LogP contribution in [0.5, 0.6) is 0 Å². The quantitative estimate of drug-likeness (QED) is 0.798. The summed E-state index contributed by atoms with van der Waals surface area (Å²) in [7, 11) is 0. The number of rotatable bonds is 3. The molecule has 5 heteroatoms. The molecule has 3 aromatic rings. The van der Waals surface area contributed by atoms with Crippen molar-refractivity contribution < 1.29 is 0 Å². The summed E-state index contributed by atoms with van der Waals surface area (Å²) in [5, 5.41) is 3.61. The van der Waals surface area contributed by atoms with E-state index in [1.165, 1.54) is 0 Å². The number of hydrogen-bond donors (Lipinski definition) is 1. The molecular weight excluding hydrogens is 290 g/mol. The normalized spacial score (nSPS) is 12.3. The molecule has 0 aliphatic rings. The summed E-state index contributed by atoms with van der Waals surface area (Å²) in [6.45, 7) is 0. The van der Waals surface area contributed by atoms with Gasteiger partial charge in [-0.25, -0.2) is 4.98 Å². The Hall–Kier alpha value is -1.75. The van der Waals surface area contributed by atoms with Crippen molar-refractivity contribution >= 4 is 22.9 Å². The van der Waals surface area contributed by atoms with E-state index in [4.69, 9.17) is 17.3 Å². The van der Waals surface area contributed by atoms with Crippen molar-refractivity contribution in [2.45, 2.75) is 6.04 Å². The maximum absolute atomic E-state index is 6.22. The second-order valence-electron chi connectivity index (χ2n) is 4.34. The second-order valence-corrected chi connectivity index (χ2v) is 5.67. The van der Waals surface area contributed by atoms with Gasteiger partial charge in [-0.1, -0.05) is 29.8 Å². The van der Waals surface area contributed by atoms with E-state index >= 15 is 0 Å². The molecule has 0 radical (unpaired) electrons. The molecule has 0 aliphatic carbocycles. The van der Waals surface area contributed by atoms with E-state index in [9.17, 15) is 0 Å². The predicted molar refractivity (Wildman–Crippen MR) is 82.8 cm³/mol. The van der Waals surface area contributed by atoms with Crippen molar-refractivity contribution in [1.82, 2.24) is 9.97 Å². The average molecular weight is 302 g/mol. The minimum absolute atomic E-state index is 0.241. The zero-order valence-corrected chi connectivity index (χ0v) is 12.1. The van der Waals surface area contributed by atoms with Crippen LogP contribution < -0.4 is 5.73 Å². The lowest BCUT2D eigenvalue weighted by atomic mass is 10.1. The molecule has 0 bridgehead atoms. The highest BCUT2D eigenvalue weighted by Gasteiger charge is 2.14. The monoisotopic (exact) mass is 301 g/mol. The molecule has 0 spiro atoms. The largest absolute Gasteiger partial charge is 0.318 e. The molecule has 0 saturated heterocycles. The first-order valence-electron chi connectivity index (χ1n) is 6.11. The second kappa shape index (κ2) is 5.71. The topological polar surface area (TPSA) is 51.8 Å². The van der Waals surface area contributed by atoms with Gasteiger partial charge in [0.1, 0.15) is 5.01 Å². The van der Waals surface area contributed by atoms with Gasteiger partial charge in [0.25, 0.3) is 0 Å². The molecule has 2 aromatic heterocycles. The highest BCUT2D eigenvalue weighted by molar-refractivity contribution is 7.10. The molecule has 2 heterocycles. The third-order valence-electron chi connectivity index (χ3n) is 2.97. The SMILES string of the molecule is NC(c1cccnc1)c1nc(-c2ccc(Cl)cc2)cs1. The van der Waals surface area contributed by atoms with Crippen molar-refractivity contribution in [1.29, 1.82) is 0 Å². The molecule has 1 unspecified atom stereocenters. The average Bonchev–Trinajstić information content (AvgIpc) is 2.98. The third kappa shape index (κ3) is 2.72. The summed E-state index contributed by atoms with van der Waals surface area (Å²) < 4.78 is 0. The number of hydrogen-bond acceptors (Lipinski definition) is 4. The number of thiazole rings is 1. The Morgan fingerprint density at radius 1 is 1.15 bits per heavy atom. The molecule has 3 rings (SSSR count). The van der Waals surface area contributed by atoms with Crippen molar-refractivity contribution in [3.8, 4) is 11.3 Å². The highest BCUT2D eigenvalue weighted by Crippen LogP contribution is 2.28. The minimum Gasteiger partial charge on any atom is -0.318 e. The lowest BCUT2D eigenvalue weighted by Gasteiger charge is -2.07. The van der Waals surface area contributed by atoms with Crippen molar-refractivity contribution in [2.24, 2.45) is 5.73 Å². The first kappa shape index (κ1) is 13.2. The number of halogens is 1. The van der Waals surface area contributed by atoms with Crippen LogP contribution in [-0.2, 0) is 0 Å². The molecule has 100 valence electrons. The summed E-state index contributed by atoms with van der Waals surface area (Å²) in [6, 6.07) is 11.2. The Balaban J connectivity index is 1.89. The van der Waals surface area contributed by atoms with Crippen LogP contribution in [0.4, 0.5) is 0 Å². The molecule has 2 N–H and O–H groups in total. The number of benzene rings is 1. The maximum Gasteiger partial charge on any atom is 0.115 e. The van der Waals surface area contributed by atoms with Gasteiger partial charge in [0.05, 0.1) is 11.7 Å². The van der Waals surface area contributed by atoms with Crippen molar-refractivity contribution in [2.75, 3.05) is 0 Å². The van der Waals surface area contributed by atoms with Crippen molar-refractivity contribution in [3.05, 3.63) is 69.8 Å². The van der Waals surface area contributed by atoms with Gasteiger partial charge in [0, 0.05) is 28.4 Å². The van der Waals surface area contributed by atoms with Gasteiger partial charge in [0.15, 0.2) is 0 Å². The van der Waals surface area contributed by atoms with Gasteiger partial charge in [-0.2, -0.15) is 0 Å². The van der Waals surface area contributed by atoms with E-state index in [-0.39, 0.29) is 6.04 Å². The van der Waals surface area contributed by atoms with Gasteiger partial charge in [-0.15, -0.1) is 11.3 Å². The molecule has 0 saturated carbocycles. The number of nitrogens with two attached hydrogens (primary N) is 1. The minimum atomic E-state index is -0.241. The van der Waals surface area contributed by atoms with Crippen LogP contribution in [0.25, 0.3) is 11.3 Å². The van der Waals surface area contributed by atoms with Crippen LogP contribution in [-0.4, -0.2) is 9.97 Å². The summed E-state index contributed by atoms with van der Waals surface area (Å²) in [5.41, 5.74) is 9.14. The molecule has 0 amide bonds. The lowest BCUT2D eigenvalue weighted by molar-refractivity contribution is 0.851. The zero-order chi connectivity index (χ0) is 13.9. The molecule has 0 fully saturated rings. The summed E-state index contributed by atoms with van der Waals surface area (Å²) >= 11 is 7.44. The summed E-state index contributed by atoms with van der Waals surface area (Å²) in [4.78, 5) is 8.70. The molecule has 0 aliphatic heterocycles. The van der Waals surface area contributed by atoms with Crippen LogP contribution in [0.2, 0.25) is 5.02 Å². The fourth-order valence-electron chi connectivity index (χ4n) is 1.89. The van der Waals surface area contributed by atoms with E-state index in [1.807, 2.05) is 41.8 Å². The van der Waals surface area contributed by atoms with E-state index in [0.29, 0.717) is 0 Å². The smallest absolute Gasteiger partial charge is 0.115 e. The van der Waals surface area contributed by atoms with Crippen LogP contribution in [0, 0.1) is 0 Å². The Morgan fingerprint density at radius 2 is 1.95 bits per heavy atom. The number of pyridine rings is 1. The maximum atomic E-state index is 6.22. The lowest BCUT2D eigenvalue weighted by Crippen LogP contribution is -2.11. The van der Waals surface area contributed by atoms with Crippen LogP contribution in [0.15, 0.2) is 54.2 Å². The predicted octanol–water partition coefficient (Wildman–Crippen LogP) is 3.91. The molecule has 20 heavy (non-hydrogen) atoms. The Kier molecular flexibility index (Phi) is 3.78. The third-order valence-corrected chi connectivity index (χ3v) is 4.15. The van der Waals surface area contributed by atoms with Gasteiger partial charge in [-0.3, -0.25) is 4.98 Å². The molecule has 3 nitrogen and oxygen atoms in total. The van der Waals surface area contributed by atoms with Crippen molar-refractivity contribution in [3.63, 3.8) is 0 Å². The highest BCUT2D eigenvalue weighted by atomic mass is 35.5. The van der Waals surface area contributed by atoms with Crippen LogP contribution >= 0.6 is 22.9 Å². The molecule has 1 aromatic carbocycles. The fraction of sp³-hybridized carbons (Fsp3) is 0.0667. The summed E-state index contributed by atoms with van der Waals surface area (Å²) in [6.07, 6.45) is 3.51. The van der Waals surface area contributed by atoms with Gasteiger partial charge in [0.2, 0.25) is 0 Å². The first-order valence-corrected chi connectivity index (χ1v) is 7.36. The zero-order valence-electron chi connectivity index (χ0n) is 10.5. The Labute approximate surface area is 126 Å². The number of nitrogens with zero attached hydrogens (tertiary/aromatic N) is 2. The Morgan fingerprint density at radius 3 is 2.65 bits per heavy atom. The first-order chi connectivity index (χ1) is 9.74. The van der Waals surface area contributed by atoms with E-state index in [1.54, 1.807) is 23.7 Å². The Bertz CT molecular complexity index is 695. The van der Waals surface area contributed by atoms with E-state index in [2.05, 4.69) is 9.97 Å². The summed E-state index contributed by atoms with van der Waals surface area (Å²) in [5.74, 6) is 0.